The third-order valence-electron chi connectivity index (χ3n) is 2.70. The summed E-state index contributed by atoms with van der Waals surface area (Å²) in [6.45, 7) is 3.46. The van der Waals surface area contributed by atoms with Gasteiger partial charge in [-0.25, -0.2) is 17.5 Å². The Morgan fingerprint density at radius 3 is 2.70 bits per heavy atom. The second kappa shape index (κ2) is 8.18. The first kappa shape index (κ1) is 16.9. The molecular formula is C13H21FN2O3S. The van der Waals surface area contributed by atoms with Crippen LogP contribution in [0.2, 0.25) is 0 Å². The molecule has 0 atom stereocenters. The van der Waals surface area contributed by atoms with Gasteiger partial charge in [-0.15, -0.1) is 0 Å². The fourth-order valence-electron chi connectivity index (χ4n) is 1.56. The van der Waals surface area contributed by atoms with Gasteiger partial charge in [0.05, 0.1) is 5.69 Å². The van der Waals surface area contributed by atoms with Crippen molar-refractivity contribution in [3.63, 3.8) is 0 Å². The molecule has 3 N–H and O–H groups in total. The van der Waals surface area contributed by atoms with E-state index in [1.807, 2.05) is 0 Å². The highest BCUT2D eigenvalue weighted by molar-refractivity contribution is 7.89. The number of ether oxygens (including phenoxy) is 1. The number of anilines is 1. The topological polar surface area (TPSA) is 81.4 Å². The molecule has 0 amide bonds. The lowest BCUT2D eigenvalue weighted by atomic mass is 10.3. The van der Waals surface area contributed by atoms with Gasteiger partial charge in [0.15, 0.2) is 0 Å². The Bertz CT molecular complexity index is 520. The maximum atomic E-state index is 13.2. The Balaban J connectivity index is 2.44. The molecule has 0 aliphatic heterocycles. The summed E-state index contributed by atoms with van der Waals surface area (Å²) < 4.78 is 44.8. The Labute approximate surface area is 119 Å². The molecule has 1 rings (SSSR count). The number of para-hydroxylation sites is 1. The second-order valence-electron chi connectivity index (χ2n) is 4.37. The van der Waals surface area contributed by atoms with Crippen LogP contribution >= 0.6 is 0 Å². The van der Waals surface area contributed by atoms with Gasteiger partial charge in [0.2, 0.25) is 10.0 Å². The Morgan fingerprint density at radius 2 is 2.00 bits per heavy atom. The van der Waals surface area contributed by atoms with Crippen molar-refractivity contribution in [3.05, 3.63) is 24.0 Å². The number of unbranched alkanes of at least 4 members (excludes halogenated alkanes) is 1. The smallest absolute Gasteiger partial charge is 0.242 e. The van der Waals surface area contributed by atoms with Crippen molar-refractivity contribution in [2.24, 2.45) is 0 Å². The van der Waals surface area contributed by atoms with Crippen molar-refractivity contribution in [2.45, 2.75) is 31.1 Å². The molecule has 0 aromatic heterocycles. The number of halogens is 1. The van der Waals surface area contributed by atoms with Crippen LogP contribution in [0.4, 0.5) is 10.1 Å². The molecule has 0 heterocycles. The summed E-state index contributed by atoms with van der Waals surface area (Å²) in [6, 6.07) is 3.71. The quantitative estimate of drug-likeness (QED) is 0.539. The standard InChI is InChI=1S/C13H21FN2O3S/c1-2-3-9-19-10-5-8-16-20(17,18)12-7-4-6-11(14)13(12)15/h4,6-7,16H,2-3,5,8-10,15H2,1H3. The molecule has 0 aliphatic carbocycles. The number of nitrogens with one attached hydrogen (secondary N) is 1. The SMILES string of the molecule is CCCCOCCCNS(=O)(=O)c1cccc(F)c1N. The summed E-state index contributed by atoms with van der Waals surface area (Å²) in [5.41, 5.74) is 5.07. The lowest BCUT2D eigenvalue weighted by Gasteiger charge is -2.09. The lowest BCUT2D eigenvalue weighted by Crippen LogP contribution is -2.26. The monoisotopic (exact) mass is 304 g/mol. The highest BCUT2D eigenvalue weighted by Crippen LogP contribution is 2.20. The molecule has 7 heteroatoms. The van der Waals surface area contributed by atoms with Gasteiger partial charge in [-0.1, -0.05) is 19.4 Å². The number of benzene rings is 1. The van der Waals surface area contributed by atoms with E-state index >= 15 is 0 Å². The van der Waals surface area contributed by atoms with Crippen LogP contribution < -0.4 is 10.5 Å². The summed E-state index contributed by atoms with van der Waals surface area (Å²) in [4.78, 5) is -0.232. The van der Waals surface area contributed by atoms with Gasteiger partial charge >= 0.3 is 0 Å². The molecule has 114 valence electrons. The van der Waals surface area contributed by atoms with Crippen LogP contribution in [0.15, 0.2) is 23.1 Å². The van der Waals surface area contributed by atoms with Crippen molar-refractivity contribution in [1.29, 1.82) is 0 Å². The Hall–Kier alpha value is -1.18. The summed E-state index contributed by atoms with van der Waals surface area (Å²) in [5, 5.41) is 0. The third-order valence-corrected chi connectivity index (χ3v) is 4.22. The third kappa shape index (κ3) is 5.07. The fraction of sp³-hybridized carbons (Fsp3) is 0.538. The average molecular weight is 304 g/mol. The van der Waals surface area contributed by atoms with E-state index in [-0.39, 0.29) is 17.1 Å². The number of sulfonamides is 1. The minimum atomic E-state index is -3.78. The molecule has 5 nitrogen and oxygen atoms in total. The molecule has 0 fully saturated rings. The predicted molar refractivity (Wildman–Crippen MR) is 76.3 cm³/mol. The molecule has 0 radical (unpaired) electrons. The maximum absolute atomic E-state index is 13.2. The molecule has 0 saturated heterocycles. The Morgan fingerprint density at radius 1 is 1.30 bits per heavy atom. The minimum Gasteiger partial charge on any atom is -0.395 e. The fourth-order valence-corrected chi connectivity index (χ4v) is 2.77. The van der Waals surface area contributed by atoms with Crippen LogP contribution in [-0.4, -0.2) is 28.2 Å². The van der Waals surface area contributed by atoms with Gasteiger partial charge in [0.1, 0.15) is 10.7 Å². The first-order valence-electron chi connectivity index (χ1n) is 6.60. The molecule has 0 bridgehead atoms. The molecule has 0 saturated carbocycles. The van der Waals surface area contributed by atoms with Gasteiger partial charge in [-0.05, 0) is 25.0 Å². The van der Waals surface area contributed by atoms with Crippen molar-refractivity contribution in [2.75, 3.05) is 25.5 Å². The zero-order valence-corrected chi connectivity index (χ0v) is 12.4. The second-order valence-corrected chi connectivity index (χ2v) is 6.10. The molecular weight excluding hydrogens is 283 g/mol. The van der Waals surface area contributed by atoms with Crippen molar-refractivity contribution >= 4 is 15.7 Å². The molecule has 1 aromatic rings. The van der Waals surface area contributed by atoms with E-state index in [4.69, 9.17) is 10.5 Å². The van der Waals surface area contributed by atoms with Crippen molar-refractivity contribution in [3.8, 4) is 0 Å². The summed E-state index contributed by atoms with van der Waals surface area (Å²) in [5.74, 6) is -0.740. The van der Waals surface area contributed by atoms with E-state index in [1.165, 1.54) is 12.1 Å². The number of hydrogen-bond donors (Lipinski definition) is 2. The van der Waals surface area contributed by atoms with Crippen LogP contribution in [-0.2, 0) is 14.8 Å². The van der Waals surface area contributed by atoms with Crippen LogP contribution in [0.5, 0.6) is 0 Å². The largest absolute Gasteiger partial charge is 0.395 e. The summed E-state index contributed by atoms with van der Waals surface area (Å²) in [6.07, 6.45) is 2.61. The summed E-state index contributed by atoms with van der Waals surface area (Å²) in [7, 11) is -3.78. The van der Waals surface area contributed by atoms with Crippen molar-refractivity contribution < 1.29 is 17.5 Å². The lowest BCUT2D eigenvalue weighted by molar-refractivity contribution is 0.130. The van der Waals surface area contributed by atoms with Crippen LogP contribution in [0.25, 0.3) is 0 Å². The van der Waals surface area contributed by atoms with E-state index in [9.17, 15) is 12.8 Å². The average Bonchev–Trinajstić information content (AvgIpc) is 2.40. The van der Waals surface area contributed by atoms with E-state index in [0.29, 0.717) is 19.6 Å². The Kier molecular flexibility index (Phi) is 6.90. The normalized spacial score (nSPS) is 11.7. The number of nitrogens with two attached hydrogens (primary N) is 1. The highest BCUT2D eigenvalue weighted by Gasteiger charge is 2.18. The van der Waals surface area contributed by atoms with E-state index in [0.717, 1.165) is 18.9 Å². The van der Waals surface area contributed by atoms with Gasteiger partial charge in [-0.2, -0.15) is 0 Å². The zero-order valence-electron chi connectivity index (χ0n) is 11.6. The van der Waals surface area contributed by atoms with Crippen LogP contribution in [0.3, 0.4) is 0 Å². The van der Waals surface area contributed by atoms with Crippen LogP contribution in [0, 0.1) is 5.82 Å². The van der Waals surface area contributed by atoms with E-state index in [1.54, 1.807) is 0 Å². The van der Waals surface area contributed by atoms with E-state index < -0.39 is 15.8 Å². The number of rotatable bonds is 9. The first-order valence-corrected chi connectivity index (χ1v) is 8.08. The summed E-state index contributed by atoms with van der Waals surface area (Å²) >= 11 is 0. The predicted octanol–water partition coefficient (Wildman–Crippen LogP) is 1.89. The van der Waals surface area contributed by atoms with Crippen molar-refractivity contribution in [1.82, 2.24) is 4.72 Å². The van der Waals surface area contributed by atoms with Gasteiger partial charge in [0, 0.05) is 19.8 Å². The maximum Gasteiger partial charge on any atom is 0.242 e. The number of nitrogen functional groups attached to an aromatic ring is 1. The highest BCUT2D eigenvalue weighted by atomic mass is 32.2. The zero-order chi connectivity index (χ0) is 15.0. The molecule has 0 aliphatic rings. The van der Waals surface area contributed by atoms with Gasteiger partial charge in [-0.3, -0.25) is 0 Å². The van der Waals surface area contributed by atoms with Gasteiger partial charge < -0.3 is 10.5 Å². The molecule has 0 unspecified atom stereocenters. The number of hydrogen-bond acceptors (Lipinski definition) is 4. The van der Waals surface area contributed by atoms with Gasteiger partial charge in [0.25, 0.3) is 0 Å². The van der Waals surface area contributed by atoms with E-state index in [2.05, 4.69) is 11.6 Å². The first-order chi connectivity index (χ1) is 9.49. The molecule has 20 heavy (non-hydrogen) atoms. The van der Waals surface area contributed by atoms with Crippen LogP contribution in [0.1, 0.15) is 26.2 Å². The molecule has 0 spiro atoms. The molecule has 1 aromatic carbocycles. The minimum absolute atomic E-state index is 0.227.